The molecule has 0 aliphatic carbocycles. The van der Waals surface area contributed by atoms with Gasteiger partial charge in [0.1, 0.15) is 35.5 Å². The fraction of sp³-hybridized carbons (Fsp3) is 0.364. The van der Waals surface area contributed by atoms with Crippen molar-refractivity contribution in [1.82, 2.24) is 25.5 Å². The molecule has 0 bridgehead atoms. The predicted octanol–water partition coefficient (Wildman–Crippen LogP) is 0.685. The van der Waals surface area contributed by atoms with E-state index in [4.69, 9.17) is 4.74 Å². The first-order valence-corrected chi connectivity index (χ1v) is 12.8. The van der Waals surface area contributed by atoms with E-state index in [1.807, 2.05) is 0 Å². The van der Waals surface area contributed by atoms with E-state index < -0.39 is 41.2 Å². The van der Waals surface area contributed by atoms with Crippen LogP contribution in [0.4, 0.5) is 0 Å². The highest BCUT2D eigenvalue weighted by Crippen LogP contribution is 2.40. The van der Waals surface area contributed by atoms with Crippen LogP contribution in [-0.2, 0) is 30.5 Å². The summed E-state index contributed by atoms with van der Waals surface area (Å²) in [7, 11) is 0. The quantitative estimate of drug-likeness (QED) is 0.264. The Kier molecular flexibility index (Phi) is 7.56. The van der Waals surface area contributed by atoms with Gasteiger partial charge in [0, 0.05) is 53.7 Å². The molecular formula is C22H23N5O7S2. The number of aromatic nitrogens is 2. The van der Waals surface area contributed by atoms with E-state index in [-0.39, 0.29) is 30.4 Å². The average Bonchev–Trinajstić information content (AvgIpc) is 3.36. The lowest BCUT2D eigenvalue weighted by atomic mass is 10.0. The van der Waals surface area contributed by atoms with Crippen LogP contribution in [0.5, 0.6) is 5.75 Å². The number of carboxylic acids is 1. The van der Waals surface area contributed by atoms with Gasteiger partial charge in [0.25, 0.3) is 5.91 Å². The van der Waals surface area contributed by atoms with Gasteiger partial charge in [-0.25, -0.2) is 9.78 Å². The second-order valence-corrected chi connectivity index (χ2v) is 9.94. The van der Waals surface area contributed by atoms with Gasteiger partial charge in [-0.05, 0) is 6.92 Å². The van der Waals surface area contributed by atoms with E-state index in [1.54, 1.807) is 17.8 Å². The van der Waals surface area contributed by atoms with E-state index in [1.165, 1.54) is 42.3 Å². The number of nitrogens with one attached hydrogen (secondary N) is 2. The van der Waals surface area contributed by atoms with E-state index in [0.29, 0.717) is 22.5 Å². The van der Waals surface area contributed by atoms with Crippen LogP contribution in [0.2, 0.25) is 0 Å². The number of aromatic hydroxyl groups is 1. The SMILES string of the molecule is CC(=O)OCC1=C(C(=O)O)N2C(=O)[C@@H](NC(=O)C(NCc3cnc(C)cc3O)c3cscn3)[C@H]2SC1. The van der Waals surface area contributed by atoms with Gasteiger partial charge in [0.2, 0.25) is 5.91 Å². The number of carboxylic acid groups (broad SMARTS) is 1. The number of hydrogen-bond donors (Lipinski definition) is 4. The Morgan fingerprint density at radius 1 is 1.33 bits per heavy atom. The topological polar surface area (TPSA) is 171 Å². The molecule has 4 N–H and O–H groups in total. The van der Waals surface area contributed by atoms with Crippen LogP contribution < -0.4 is 10.6 Å². The van der Waals surface area contributed by atoms with E-state index in [9.17, 15) is 29.4 Å². The van der Waals surface area contributed by atoms with Gasteiger partial charge in [-0.3, -0.25) is 29.6 Å². The number of rotatable bonds is 9. The minimum atomic E-state index is -1.31. The maximum absolute atomic E-state index is 13.2. The van der Waals surface area contributed by atoms with Gasteiger partial charge in [0.15, 0.2) is 0 Å². The van der Waals surface area contributed by atoms with Crippen molar-refractivity contribution in [3.63, 3.8) is 0 Å². The normalized spacial score (nSPS) is 19.8. The van der Waals surface area contributed by atoms with Crippen molar-refractivity contribution in [1.29, 1.82) is 0 Å². The Balaban J connectivity index is 1.48. The molecule has 3 atom stereocenters. The highest BCUT2D eigenvalue weighted by molar-refractivity contribution is 8.00. The molecule has 2 aliphatic heterocycles. The Morgan fingerprint density at radius 2 is 2.11 bits per heavy atom. The fourth-order valence-electron chi connectivity index (χ4n) is 3.84. The number of thiazole rings is 1. The first-order valence-electron chi connectivity index (χ1n) is 10.8. The smallest absolute Gasteiger partial charge is 0.352 e. The standard InChI is InChI=1S/C22H23N5O7S2/c1-10-3-15(29)12(4-23-10)5-24-16(14-8-35-9-25-14)19(30)26-17-20(31)27-18(22(32)33)13(6-34-11(2)28)7-36-21(17)27/h3-4,8-9,16-17,21,24H,5-7H2,1-2H3,(H,23,29)(H,26,30)(H,32,33)/t16?,17-,21-/m1/s1. The van der Waals surface area contributed by atoms with Crippen LogP contribution in [0.3, 0.4) is 0 Å². The Labute approximate surface area is 213 Å². The van der Waals surface area contributed by atoms with Gasteiger partial charge in [-0.15, -0.1) is 23.1 Å². The molecule has 0 saturated carbocycles. The number of thioether (sulfide) groups is 1. The monoisotopic (exact) mass is 533 g/mol. The number of esters is 1. The molecule has 14 heteroatoms. The Hall–Kier alpha value is -3.49. The number of aryl methyl sites for hydroxylation is 1. The molecular weight excluding hydrogens is 510 g/mol. The van der Waals surface area contributed by atoms with Crippen molar-refractivity contribution >= 4 is 46.9 Å². The number of aliphatic carboxylic acids is 1. The lowest BCUT2D eigenvalue weighted by Gasteiger charge is -2.49. The van der Waals surface area contributed by atoms with Crippen LogP contribution in [0.1, 0.15) is 29.9 Å². The summed E-state index contributed by atoms with van der Waals surface area (Å²) in [5.74, 6) is -2.71. The van der Waals surface area contributed by atoms with Crippen molar-refractivity contribution in [2.45, 2.75) is 37.8 Å². The van der Waals surface area contributed by atoms with Crippen molar-refractivity contribution < 1.29 is 34.1 Å². The largest absolute Gasteiger partial charge is 0.507 e. The summed E-state index contributed by atoms with van der Waals surface area (Å²) in [6.45, 7) is 2.84. The number of hydrogen-bond acceptors (Lipinski definition) is 11. The summed E-state index contributed by atoms with van der Waals surface area (Å²) in [5, 5.41) is 26.7. The molecule has 0 radical (unpaired) electrons. The van der Waals surface area contributed by atoms with Crippen LogP contribution >= 0.6 is 23.1 Å². The zero-order valence-corrected chi connectivity index (χ0v) is 20.9. The van der Waals surface area contributed by atoms with E-state index in [0.717, 1.165) is 4.90 Å². The summed E-state index contributed by atoms with van der Waals surface area (Å²) in [4.78, 5) is 58.6. The van der Waals surface area contributed by atoms with Crippen LogP contribution in [0, 0.1) is 6.92 Å². The number of ether oxygens (including phenoxy) is 1. The predicted molar refractivity (Wildman–Crippen MR) is 129 cm³/mol. The second-order valence-electron chi connectivity index (χ2n) is 8.12. The lowest BCUT2D eigenvalue weighted by molar-refractivity contribution is -0.151. The number of fused-ring (bicyclic) bond motifs is 1. The molecule has 2 aliphatic rings. The number of amides is 2. The summed E-state index contributed by atoms with van der Waals surface area (Å²) in [6, 6.07) is -0.356. The third kappa shape index (κ3) is 5.20. The second kappa shape index (κ2) is 10.6. The molecule has 190 valence electrons. The molecule has 12 nitrogen and oxygen atoms in total. The summed E-state index contributed by atoms with van der Waals surface area (Å²) in [6.07, 6.45) is 1.51. The third-order valence-corrected chi connectivity index (χ3v) is 7.55. The molecule has 1 unspecified atom stereocenters. The average molecular weight is 534 g/mol. The van der Waals surface area contributed by atoms with Gasteiger partial charge in [0.05, 0.1) is 11.2 Å². The molecule has 1 saturated heterocycles. The molecule has 36 heavy (non-hydrogen) atoms. The lowest BCUT2D eigenvalue weighted by Crippen LogP contribution is -2.71. The molecule has 4 heterocycles. The maximum Gasteiger partial charge on any atom is 0.352 e. The van der Waals surface area contributed by atoms with Gasteiger partial charge < -0.3 is 20.3 Å². The van der Waals surface area contributed by atoms with Gasteiger partial charge in [-0.2, -0.15) is 0 Å². The molecule has 4 rings (SSSR count). The van der Waals surface area contributed by atoms with Crippen molar-refractivity contribution in [2.75, 3.05) is 12.4 Å². The Morgan fingerprint density at radius 3 is 2.75 bits per heavy atom. The third-order valence-electron chi connectivity index (χ3n) is 5.60. The van der Waals surface area contributed by atoms with E-state index >= 15 is 0 Å². The number of β-lactam (4-membered cyclic amide) rings is 1. The van der Waals surface area contributed by atoms with Crippen molar-refractivity contribution in [3.8, 4) is 5.75 Å². The molecule has 0 spiro atoms. The zero-order chi connectivity index (χ0) is 26.0. The fourth-order valence-corrected chi connectivity index (χ4v) is 5.74. The van der Waals surface area contributed by atoms with Gasteiger partial charge in [-0.1, -0.05) is 0 Å². The van der Waals surface area contributed by atoms with Crippen LogP contribution in [0.15, 0.2) is 34.4 Å². The summed E-state index contributed by atoms with van der Waals surface area (Å²) < 4.78 is 4.93. The summed E-state index contributed by atoms with van der Waals surface area (Å²) >= 11 is 2.57. The van der Waals surface area contributed by atoms with Crippen molar-refractivity contribution in [2.24, 2.45) is 0 Å². The minimum Gasteiger partial charge on any atom is -0.507 e. The number of nitrogens with zero attached hydrogens (tertiary/aromatic N) is 3. The van der Waals surface area contributed by atoms with Gasteiger partial charge >= 0.3 is 11.9 Å². The minimum absolute atomic E-state index is 0.0356. The molecule has 1 fully saturated rings. The highest BCUT2D eigenvalue weighted by Gasteiger charge is 2.54. The first kappa shape index (κ1) is 25.6. The van der Waals surface area contributed by atoms with E-state index in [2.05, 4.69) is 20.6 Å². The zero-order valence-electron chi connectivity index (χ0n) is 19.3. The number of pyridine rings is 1. The number of carbonyl (C=O) groups excluding carboxylic acids is 3. The number of carbonyl (C=O) groups is 4. The molecule has 2 aromatic rings. The maximum atomic E-state index is 13.2. The molecule has 0 aromatic carbocycles. The van der Waals surface area contributed by atoms with Crippen LogP contribution in [-0.4, -0.2) is 72.6 Å². The first-order chi connectivity index (χ1) is 17.2. The highest BCUT2D eigenvalue weighted by atomic mass is 32.2. The Bertz CT molecular complexity index is 1230. The molecule has 2 amide bonds. The van der Waals surface area contributed by atoms with Crippen molar-refractivity contribution in [3.05, 3.63) is 51.4 Å². The molecule has 2 aromatic heterocycles. The van der Waals surface area contributed by atoms with Crippen LogP contribution in [0.25, 0.3) is 0 Å². The summed E-state index contributed by atoms with van der Waals surface area (Å²) in [5.41, 5.74) is 3.22.